The molecular weight excluding hydrogens is 638 g/mol. The molecule has 246 valence electrons. The average Bonchev–Trinajstić information content (AvgIpc) is 3.05. The summed E-state index contributed by atoms with van der Waals surface area (Å²) in [5, 5.41) is 9.43. The highest BCUT2D eigenvalue weighted by molar-refractivity contribution is 6.46. The molecular formula is C40H27NO9. The number of carboxylic acids is 1. The van der Waals surface area contributed by atoms with Gasteiger partial charge in [-0.25, -0.2) is 4.79 Å². The molecule has 0 aromatic heterocycles. The van der Waals surface area contributed by atoms with Crippen molar-refractivity contribution in [1.29, 1.82) is 0 Å². The van der Waals surface area contributed by atoms with Gasteiger partial charge in [-0.2, -0.15) is 0 Å². The largest absolute Gasteiger partial charge is 0.478 e. The quantitative estimate of drug-likeness (QED) is 0.421. The third-order valence-electron chi connectivity index (χ3n) is 10.4. The molecule has 10 nitrogen and oxygen atoms in total. The molecule has 0 amide bonds. The number of Topliss-reactive ketones (excluding diaryl/α,β-unsaturated/α-hetero) is 6. The number of hydrogen-bond donors (Lipinski definition) is 2. The van der Waals surface area contributed by atoms with E-state index in [1.54, 1.807) is 18.2 Å². The van der Waals surface area contributed by atoms with Crippen LogP contribution in [0.4, 0.5) is 0 Å². The van der Waals surface area contributed by atoms with Crippen LogP contribution in [0.15, 0.2) is 138 Å². The van der Waals surface area contributed by atoms with Gasteiger partial charge in [-0.3, -0.25) is 33.6 Å². The second-order valence-electron chi connectivity index (χ2n) is 13.4. The van der Waals surface area contributed by atoms with Crippen LogP contribution in [0.25, 0.3) is 0 Å². The fourth-order valence-electron chi connectivity index (χ4n) is 8.25. The fourth-order valence-corrected chi connectivity index (χ4v) is 8.25. The molecule has 0 fully saturated rings. The molecule has 0 aromatic carbocycles. The van der Waals surface area contributed by atoms with Crippen molar-refractivity contribution in [2.75, 3.05) is 0 Å². The third kappa shape index (κ3) is 4.55. The Bertz CT molecular complexity index is 2340. The maximum atomic E-state index is 14.0. The van der Waals surface area contributed by atoms with E-state index in [4.69, 9.17) is 5.73 Å². The zero-order chi connectivity index (χ0) is 35.2. The van der Waals surface area contributed by atoms with Crippen molar-refractivity contribution in [2.45, 2.75) is 51.4 Å². The van der Waals surface area contributed by atoms with Crippen molar-refractivity contribution in [2.24, 2.45) is 5.73 Å². The molecule has 8 aliphatic rings. The predicted molar refractivity (Wildman–Crippen MR) is 177 cm³/mol. The zero-order valence-electron chi connectivity index (χ0n) is 26.6. The number of hydrogen-bond acceptors (Lipinski definition) is 9. The lowest BCUT2D eigenvalue weighted by molar-refractivity contribution is -0.134. The number of nitrogens with two attached hydrogens (primary N) is 1. The van der Waals surface area contributed by atoms with Gasteiger partial charge in [0.05, 0.1) is 27.9 Å². The van der Waals surface area contributed by atoms with Gasteiger partial charge in [0.1, 0.15) is 5.57 Å². The molecule has 0 unspecified atom stereocenters. The molecule has 0 spiro atoms. The third-order valence-corrected chi connectivity index (χ3v) is 10.4. The first-order chi connectivity index (χ1) is 23.9. The van der Waals surface area contributed by atoms with Gasteiger partial charge in [0.2, 0.25) is 23.1 Å². The van der Waals surface area contributed by atoms with E-state index in [9.17, 15) is 43.5 Å². The van der Waals surface area contributed by atoms with Crippen LogP contribution in [0.2, 0.25) is 0 Å². The molecule has 0 aromatic rings. The first-order valence-electron chi connectivity index (χ1n) is 16.2. The summed E-state index contributed by atoms with van der Waals surface area (Å²) in [6.07, 6.45) is 15.0. The first kappa shape index (κ1) is 31.1. The molecule has 8 aliphatic carbocycles. The summed E-state index contributed by atoms with van der Waals surface area (Å²) in [7, 11) is 0. The van der Waals surface area contributed by atoms with Crippen LogP contribution in [0, 0.1) is 0 Å². The molecule has 50 heavy (non-hydrogen) atoms. The Morgan fingerprint density at radius 3 is 1.66 bits per heavy atom. The normalized spacial score (nSPS) is 24.4. The standard InChI is InChI=1S/C40H27NO9/c41-25(16-22-8-7-20-13-24-12-18-5-2-6-27(42)29(18)37(46)33(24)38(47)30(20)34(22)43)15-19-4-1-3-17-11-23-14-21-9-10-26(40(49)50)35(44)31(21)39(48)32(23)36(45)28(17)19/h1-2,4,6,8,10,15-16H,3,5,7,9,11-14,41H2,(H,49,50)/b19-15-,25-16-. The molecule has 3 N–H and O–H groups in total. The van der Waals surface area contributed by atoms with Crippen LogP contribution in [-0.2, 0) is 38.4 Å². The van der Waals surface area contributed by atoms with Crippen molar-refractivity contribution in [1.82, 2.24) is 0 Å². The van der Waals surface area contributed by atoms with Gasteiger partial charge >= 0.3 is 5.97 Å². The molecule has 0 heterocycles. The maximum absolute atomic E-state index is 14.0. The Morgan fingerprint density at radius 2 is 1.04 bits per heavy atom. The van der Waals surface area contributed by atoms with Crippen molar-refractivity contribution < 1.29 is 43.5 Å². The minimum absolute atomic E-state index is 0.0204. The van der Waals surface area contributed by atoms with E-state index in [0.29, 0.717) is 65.5 Å². The summed E-state index contributed by atoms with van der Waals surface area (Å²) in [5.74, 6) is -5.99. The van der Waals surface area contributed by atoms with Gasteiger partial charge in [-0.15, -0.1) is 0 Å². The fraction of sp³-hybridized carbons (Fsp3) is 0.200. The summed E-state index contributed by atoms with van der Waals surface area (Å²) in [5.41, 5.74) is 10.1. The van der Waals surface area contributed by atoms with Gasteiger partial charge in [-0.1, -0.05) is 36.0 Å². The zero-order valence-corrected chi connectivity index (χ0v) is 26.6. The van der Waals surface area contributed by atoms with Crippen molar-refractivity contribution in [3.8, 4) is 0 Å². The minimum atomic E-state index is -1.43. The van der Waals surface area contributed by atoms with Gasteiger partial charge < -0.3 is 10.8 Å². The van der Waals surface area contributed by atoms with E-state index in [1.165, 1.54) is 24.3 Å². The number of carbonyl (C=O) groups excluding carboxylic acids is 7. The molecule has 0 radical (unpaired) electrons. The monoisotopic (exact) mass is 665 g/mol. The van der Waals surface area contributed by atoms with Crippen molar-refractivity contribution in [3.05, 3.63) is 138 Å². The Hall–Kier alpha value is -6.16. The molecule has 0 saturated carbocycles. The highest BCUT2D eigenvalue weighted by Gasteiger charge is 2.44. The number of aliphatic carboxylic acids is 1. The SMILES string of the molecule is NC(=C\C1=CCC2=C(C1=O)C(=O)C1=C(CC3=C(C(=O)C=CC3)C1=O)C2)/C=C1/C=CCC2=C1C(=O)C1=C(CC3=C(C(=O)C(C(=O)O)=CC3)C1=O)C2. The number of carboxylic acid groups (broad SMARTS) is 1. The average molecular weight is 666 g/mol. The van der Waals surface area contributed by atoms with Crippen LogP contribution < -0.4 is 5.73 Å². The molecule has 0 atom stereocenters. The molecule has 8 rings (SSSR count). The van der Waals surface area contributed by atoms with Gasteiger partial charge in [0.15, 0.2) is 17.3 Å². The van der Waals surface area contributed by atoms with Crippen LogP contribution in [-0.4, -0.2) is 51.6 Å². The van der Waals surface area contributed by atoms with Crippen LogP contribution in [0.3, 0.4) is 0 Å². The smallest absolute Gasteiger partial charge is 0.339 e. The second-order valence-corrected chi connectivity index (χ2v) is 13.4. The number of rotatable bonds is 3. The molecule has 10 heteroatoms. The Kier molecular flexibility index (Phi) is 6.97. The van der Waals surface area contributed by atoms with E-state index in [1.807, 2.05) is 6.08 Å². The van der Waals surface area contributed by atoms with E-state index >= 15 is 0 Å². The van der Waals surface area contributed by atoms with Crippen LogP contribution in [0.5, 0.6) is 0 Å². The summed E-state index contributed by atoms with van der Waals surface area (Å²) in [6.45, 7) is 0. The molecule has 0 bridgehead atoms. The van der Waals surface area contributed by atoms with E-state index in [0.717, 1.165) is 5.57 Å². The maximum Gasteiger partial charge on any atom is 0.339 e. The minimum Gasteiger partial charge on any atom is -0.478 e. The highest BCUT2D eigenvalue weighted by Crippen LogP contribution is 2.45. The van der Waals surface area contributed by atoms with Gasteiger partial charge in [0.25, 0.3) is 0 Å². The lowest BCUT2D eigenvalue weighted by atomic mass is 9.69. The second kappa shape index (κ2) is 11.2. The van der Waals surface area contributed by atoms with Crippen molar-refractivity contribution in [3.63, 3.8) is 0 Å². The summed E-state index contributed by atoms with van der Waals surface area (Å²) in [6, 6.07) is 0. The highest BCUT2D eigenvalue weighted by atomic mass is 16.4. The first-order valence-corrected chi connectivity index (χ1v) is 16.2. The summed E-state index contributed by atoms with van der Waals surface area (Å²) in [4.78, 5) is 105. The van der Waals surface area contributed by atoms with Gasteiger partial charge in [0, 0.05) is 16.8 Å². The van der Waals surface area contributed by atoms with Crippen LogP contribution >= 0.6 is 0 Å². The summed E-state index contributed by atoms with van der Waals surface area (Å²) < 4.78 is 0. The lowest BCUT2D eigenvalue weighted by Gasteiger charge is -2.32. The lowest BCUT2D eigenvalue weighted by Crippen LogP contribution is -2.33. The van der Waals surface area contributed by atoms with Crippen LogP contribution in [0.1, 0.15) is 51.4 Å². The topological polar surface area (TPSA) is 183 Å². The number of ketones is 7. The van der Waals surface area contributed by atoms with Crippen molar-refractivity contribution >= 4 is 46.5 Å². The van der Waals surface area contributed by atoms with Gasteiger partial charge in [-0.05, 0) is 103 Å². The Balaban J connectivity index is 1.04. The Labute approximate surface area is 284 Å². The van der Waals surface area contributed by atoms with E-state index in [2.05, 4.69) is 0 Å². The predicted octanol–water partition coefficient (Wildman–Crippen LogP) is 3.80. The van der Waals surface area contributed by atoms with E-state index < -0.39 is 52.0 Å². The van der Waals surface area contributed by atoms with E-state index in [-0.39, 0.29) is 64.0 Å². The molecule has 0 aliphatic heterocycles. The number of allylic oxidation sites excluding steroid dienone is 22. The number of carbonyl (C=O) groups is 8. The molecule has 0 saturated heterocycles. The Morgan fingerprint density at radius 1 is 0.560 bits per heavy atom. The summed E-state index contributed by atoms with van der Waals surface area (Å²) >= 11 is 0.